The molecule has 1 aromatic carbocycles. The minimum Gasteiger partial charge on any atom is -0.480 e. The number of carbonyl (C=O) groups excluding carboxylic acids is 1. The first-order valence-electron chi connectivity index (χ1n) is 7.75. The number of amides is 1. The van der Waals surface area contributed by atoms with Crippen LogP contribution in [0.25, 0.3) is 0 Å². The molecule has 1 aromatic rings. The summed E-state index contributed by atoms with van der Waals surface area (Å²) in [6, 6.07) is 8.88. The van der Waals surface area contributed by atoms with E-state index in [9.17, 15) is 14.7 Å². The smallest absolute Gasteiger partial charge is 0.407 e. The quantitative estimate of drug-likeness (QED) is 0.889. The van der Waals surface area contributed by atoms with Gasteiger partial charge >= 0.3 is 12.1 Å². The predicted molar refractivity (Wildman–Crippen MR) is 86.1 cm³/mol. The number of alkyl carbamates (subject to hydrolysis) is 1. The van der Waals surface area contributed by atoms with Crippen LogP contribution in [0.3, 0.4) is 0 Å². The van der Waals surface area contributed by atoms with Crippen molar-refractivity contribution < 1.29 is 19.4 Å². The van der Waals surface area contributed by atoms with Gasteiger partial charge in [-0.25, -0.2) is 4.79 Å². The highest BCUT2D eigenvalue weighted by molar-refractivity contribution is 5.74. The van der Waals surface area contributed by atoms with Crippen molar-refractivity contribution in [3.8, 4) is 0 Å². The molecule has 1 heterocycles. The highest BCUT2D eigenvalue weighted by Gasteiger charge is 2.37. The molecule has 1 amide bonds. The molecule has 1 saturated heterocycles. The molecule has 6 heteroatoms. The molecular weight excluding hydrogens is 296 g/mol. The van der Waals surface area contributed by atoms with Crippen molar-refractivity contribution in [3.05, 3.63) is 35.9 Å². The van der Waals surface area contributed by atoms with Gasteiger partial charge in [0.2, 0.25) is 0 Å². The summed E-state index contributed by atoms with van der Waals surface area (Å²) in [5.74, 6) is -0.866. The van der Waals surface area contributed by atoms with E-state index in [-0.39, 0.29) is 6.04 Å². The minimum atomic E-state index is -0.866. The van der Waals surface area contributed by atoms with Gasteiger partial charge in [-0.1, -0.05) is 30.3 Å². The first-order valence-corrected chi connectivity index (χ1v) is 7.75. The van der Waals surface area contributed by atoms with Crippen LogP contribution >= 0.6 is 0 Å². The lowest BCUT2D eigenvalue weighted by Gasteiger charge is -2.22. The van der Waals surface area contributed by atoms with Crippen LogP contribution in [0.2, 0.25) is 0 Å². The van der Waals surface area contributed by atoms with Crippen LogP contribution in [-0.2, 0) is 16.1 Å². The number of ether oxygens (including phenoxy) is 1. The maximum absolute atomic E-state index is 11.9. The second kappa shape index (κ2) is 7.00. The Morgan fingerprint density at radius 2 is 1.96 bits per heavy atom. The summed E-state index contributed by atoms with van der Waals surface area (Å²) in [5.41, 5.74) is 0.482. The average Bonchev–Trinajstić information content (AvgIpc) is 2.80. The molecule has 6 nitrogen and oxygen atoms in total. The number of hydrogen-bond donors (Lipinski definition) is 2. The molecule has 1 aliphatic rings. The number of carboxylic acid groups (broad SMARTS) is 1. The Morgan fingerprint density at radius 3 is 2.52 bits per heavy atom. The molecule has 2 atom stereocenters. The summed E-state index contributed by atoms with van der Waals surface area (Å²) in [6.07, 6.45) is -0.130. The van der Waals surface area contributed by atoms with Crippen molar-refractivity contribution in [1.29, 1.82) is 0 Å². The number of nitrogens with zero attached hydrogens (tertiary/aromatic N) is 1. The highest BCUT2D eigenvalue weighted by Crippen LogP contribution is 2.21. The summed E-state index contributed by atoms with van der Waals surface area (Å²) < 4.78 is 5.23. The van der Waals surface area contributed by atoms with Crippen molar-refractivity contribution in [1.82, 2.24) is 10.2 Å². The maximum atomic E-state index is 11.9. The van der Waals surface area contributed by atoms with Crippen LogP contribution in [-0.4, -0.2) is 46.3 Å². The lowest BCUT2D eigenvalue weighted by Crippen LogP contribution is -2.40. The number of likely N-dealkylation sites (tertiary alicyclic amines) is 1. The molecule has 126 valence electrons. The van der Waals surface area contributed by atoms with Gasteiger partial charge in [0.25, 0.3) is 0 Å². The van der Waals surface area contributed by atoms with Crippen molar-refractivity contribution in [2.45, 2.75) is 51.4 Å². The van der Waals surface area contributed by atoms with Gasteiger partial charge in [0.05, 0.1) is 0 Å². The van der Waals surface area contributed by atoms with Gasteiger partial charge in [-0.2, -0.15) is 0 Å². The zero-order valence-electron chi connectivity index (χ0n) is 13.8. The molecule has 2 unspecified atom stereocenters. The number of rotatable bonds is 4. The molecule has 0 aromatic heterocycles. The third-order valence-corrected chi connectivity index (χ3v) is 3.64. The molecule has 1 fully saturated rings. The first-order chi connectivity index (χ1) is 10.7. The van der Waals surface area contributed by atoms with E-state index >= 15 is 0 Å². The summed E-state index contributed by atoms with van der Waals surface area (Å²) in [5, 5.41) is 12.2. The summed E-state index contributed by atoms with van der Waals surface area (Å²) in [4.78, 5) is 25.2. The average molecular weight is 320 g/mol. The third kappa shape index (κ3) is 5.25. The van der Waals surface area contributed by atoms with E-state index in [4.69, 9.17) is 4.74 Å². The van der Waals surface area contributed by atoms with E-state index < -0.39 is 23.7 Å². The number of carboxylic acids is 1. The second-order valence-corrected chi connectivity index (χ2v) is 6.85. The number of benzene rings is 1. The van der Waals surface area contributed by atoms with E-state index in [1.54, 1.807) is 20.8 Å². The van der Waals surface area contributed by atoms with Crippen LogP contribution < -0.4 is 5.32 Å². The minimum absolute atomic E-state index is 0.227. The molecule has 0 radical (unpaired) electrons. The van der Waals surface area contributed by atoms with Crippen LogP contribution in [0.4, 0.5) is 4.79 Å². The standard InChI is InChI=1S/C17H24N2O4/c1-17(2,3)23-16(22)18-13-9-14(15(20)21)19(11-13)10-12-7-5-4-6-8-12/h4-8,13-14H,9-11H2,1-3H3,(H,18,22)(H,20,21). The number of nitrogens with one attached hydrogen (secondary N) is 1. The predicted octanol–water partition coefficient (Wildman–Crippen LogP) is 2.24. The molecule has 0 aliphatic carbocycles. The molecule has 0 bridgehead atoms. The molecule has 0 spiro atoms. The number of carbonyl (C=O) groups is 2. The maximum Gasteiger partial charge on any atom is 0.407 e. The largest absolute Gasteiger partial charge is 0.480 e. The summed E-state index contributed by atoms with van der Waals surface area (Å²) >= 11 is 0. The van der Waals surface area contributed by atoms with E-state index in [2.05, 4.69) is 5.32 Å². The number of hydrogen-bond acceptors (Lipinski definition) is 4. The lowest BCUT2D eigenvalue weighted by atomic mass is 10.1. The van der Waals surface area contributed by atoms with Crippen molar-refractivity contribution >= 4 is 12.1 Å². The normalized spacial score (nSPS) is 21.9. The van der Waals surface area contributed by atoms with E-state index in [0.717, 1.165) is 5.56 Å². The van der Waals surface area contributed by atoms with Crippen LogP contribution in [0.1, 0.15) is 32.8 Å². The fourth-order valence-electron chi connectivity index (χ4n) is 2.73. The van der Waals surface area contributed by atoms with Gasteiger partial charge in [-0.3, -0.25) is 9.69 Å². The van der Waals surface area contributed by atoms with Gasteiger partial charge in [0.1, 0.15) is 11.6 Å². The Kier molecular flexibility index (Phi) is 5.26. The zero-order valence-corrected chi connectivity index (χ0v) is 13.8. The van der Waals surface area contributed by atoms with Gasteiger partial charge < -0.3 is 15.2 Å². The molecule has 23 heavy (non-hydrogen) atoms. The SMILES string of the molecule is CC(C)(C)OC(=O)NC1CC(C(=O)O)N(Cc2ccccc2)C1. The monoisotopic (exact) mass is 320 g/mol. The molecule has 2 rings (SSSR count). The van der Waals surface area contributed by atoms with Crippen molar-refractivity contribution in [3.63, 3.8) is 0 Å². The van der Waals surface area contributed by atoms with Crippen LogP contribution in [0, 0.1) is 0 Å². The van der Waals surface area contributed by atoms with Gasteiger partial charge in [-0.05, 0) is 32.8 Å². The Hall–Kier alpha value is -2.08. The Bertz CT molecular complexity index is 553. The molecule has 1 aliphatic heterocycles. The fraction of sp³-hybridized carbons (Fsp3) is 0.529. The molecule has 2 N–H and O–H groups in total. The highest BCUT2D eigenvalue weighted by atomic mass is 16.6. The second-order valence-electron chi connectivity index (χ2n) is 6.85. The zero-order chi connectivity index (χ0) is 17.0. The van der Waals surface area contributed by atoms with Gasteiger partial charge in [-0.15, -0.1) is 0 Å². The van der Waals surface area contributed by atoms with E-state index in [1.807, 2.05) is 35.2 Å². The van der Waals surface area contributed by atoms with Gasteiger partial charge in [0.15, 0.2) is 0 Å². The van der Waals surface area contributed by atoms with E-state index in [1.165, 1.54) is 0 Å². The first kappa shape index (κ1) is 17.3. The van der Waals surface area contributed by atoms with Gasteiger partial charge in [0, 0.05) is 19.1 Å². The third-order valence-electron chi connectivity index (χ3n) is 3.64. The lowest BCUT2D eigenvalue weighted by molar-refractivity contribution is -0.142. The van der Waals surface area contributed by atoms with Crippen molar-refractivity contribution in [2.75, 3.05) is 6.54 Å². The Balaban J connectivity index is 1.98. The van der Waals surface area contributed by atoms with Crippen LogP contribution in [0.15, 0.2) is 30.3 Å². The summed E-state index contributed by atoms with van der Waals surface area (Å²) in [7, 11) is 0. The molecular formula is C17H24N2O4. The van der Waals surface area contributed by atoms with Crippen molar-refractivity contribution in [2.24, 2.45) is 0 Å². The topological polar surface area (TPSA) is 78.9 Å². The fourth-order valence-corrected chi connectivity index (χ4v) is 2.73. The summed E-state index contributed by atoms with van der Waals surface area (Å²) in [6.45, 7) is 6.42. The van der Waals surface area contributed by atoms with Crippen LogP contribution in [0.5, 0.6) is 0 Å². The number of aliphatic carboxylic acids is 1. The van der Waals surface area contributed by atoms with E-state index in [0.29, 0.717) is 19.5 Å². The molecule has 0 saturated carbocycles. The Morgan fingerprint density at radius 1 is 1.30 bits per heavy atom. The Labute approximate surface area is 136 Å².